The molecule has 122 valence electrons. The monoisotopic (exact) mass is 395 g/mol. The summed E-state index contributed by atoms with van der Waals surface area (Å²) in [5, 5.41) is -1.19. The highest BCUT2D eigenvalue weighted by Gasteiger charge is 2.42. The summed E-state index contributed by atoms with van der Waals surface area (Å²) >= 11 is 3.08. The molecule has 1 aromatic carbocycles. The van der Waals surface area contributed by atoms with Gasteiger partial charge in [-0.05, 0) is 41.1 Å². The number of anilines is 1. The molecule has 0 amide bonds. The number of ether oxygens (including phenoxy) is 1. The summed E-state index contributed by atoms with van der Waals surface area (Å²) in [6.45, 7) is 1.94. The van der Waals surface area contributed by atoms with Crippen molar-refractivity contribution in [3.63, 3.8) is 0 Å². The highest BCUT2D eigenvalue weighted by Crippen LogP contribution is 2.26. The summed E-state index contributed by atoms with van der Waals surface area (Å²) in [4.78, 5) is 11.8. The van der Waals surface area contributed by atoms with Gasteiger partial charge in [0, 0.05) is 11.0 Å². The number of hydrogen-bond acceptors (Lipinski definition) is 6. The van der Waals surface area contributed by atoms with Gasteiger partial charge in [0.15, 0.2) is 5.37 Å². The van der Waals surface area contributed by atoms with Crippen LogP contribution < -0.4 is 15.6 Å². The molecule has 1 fully saturated rings. The number of carbonyl (C=O) groups is 1. The van der Waals surface area contributed by atoms with E-state index in [0.717, 1.165) is 12.1 Å². The van der Waals surface area contributed by atoms with Crippen LogP contribution in [0.3, 0.4) is 0 Å². The Morgan fingerprint density at radius 1 is 1.55 bits per heavy atom. The first-order chi connectivity index (χ1) is 10.3. The SMILES string of the molecule is CCOC(=O)C1CNNC1S(=O)(=O)Nc1ccc(F)cc1Br. The van der Waals surface area contributed by atoms with Crippen molar-refractivity contribution in [1.29, 1.82) is 0 Å². The second-order valence-corrected chi connectivity index (χ2v) is 7.23. The molecule has 3 N–H and O–H groups in total. The molecule has 10 heteroatoms. The van der Waals surface area contributed by atoms with Gasteiger partial charge < -0.3 is 4.74 Å². The minimum atomic E-state index is -3.94. The van der Waals surface area contributed by atoms with Gasteiger partial charge in [0.1, 0.15) is 11.7 Å². The Morgan fingerprint density at radius 2 is 2.27 bits per heavy atom. The number of esters is 1. The Labute approximate surface area is 135 Å². The van der Waals surface area contributed by atoms with Crippen LogP contribution in [0.5, 0.6) is 0 Å². The summed E-state index contributed by atoms with van der Waals surface area (Å²) in [7, 11) is -3.94. The highest BCUT2D eigenvalue weighted by molar-refractivity contribution is 9.10. The minimum absolute atomic E-state index is 0.134. The first-order valence-electron chi connectivity index (χ1n) is 6.47. The Hall–Kier alpha value is -1.23. The molecule has 2 rings (SSSR count). The highest BCUT2D eigenvalue weighted by atomic mass is 79.9. The van der Waals surface area contributed by atoms with Crippen molar-refractivity contribution in [2.45, 2.75) is 12.3 Å². The smallest absolute Gasteiger partial charge is 0.313 e. The molecule has 1 saturated heterocycles. The number of hydrogen-bond donors (Lipinski definition) is 3. The molecule has 1 aromatic rings. The summed E-state index contributed by atoms with van der Waals surface area (Å²) in [5.74, 6) is -1.98. The average molecular weight is 396 g/mol. The molecule has 0 spiro atoms. The fraction of sp³-hybridized carbons (Fsp3) is 0.417. The zero-order chi connectivity index (χ0) is 16.3. The standard InChI is InChI=1S/C12H15BrFN3O4S/c1-2-21-12(18)8-6-15-16-11(8)22(19,20)17-10-4-3-7(14)5-9(10)13/h3-5,8,11,15-17H,2,6H2,1H3. The van der Waals surface area contributed by atoms with Crippen molar-refractivity contribution >= 4 is 37.6 Å². The van der Waals surface area contributed by atoms with Gasteiger partial charge in [-0.15, -0.1) is 0 Å². The van der Waals surface area contributed by atoms with E-state index in [1.54, 1.807) is 6.92 Å². The van der Waals surface area contributed by atoms with Crippen LogP contribution in [0.25, 0.3) is 0 Å². The van der Waals surface area contributed by atoms with E-state index >= 15 is 0 Å². The van der Waals surface area contributed by atoms with Gasteiger partial charge in [0.25, 0.3) is 10.0 Å². The molecule has 0 radical (unpaired) electrons. The molecule has 1 aliphatic heterocycles. The van der Waals surface area contributed by atoms with Gasteiger partial charge in [0.2, 0.25) is 0 Å². The van der Waals surface area contributed by atoms with E-state index in [9.17, 15) is 17.6 Å². The van der Waals surface area contributed by atoms with Crippen molar-refractivity contribution in [2.75, 3.05) is 17.9 Å². The van der Waals surface area contributed by atoms with E-state index < -0.39 is 33.1 Å². The largest absolute Gasteiger partial charge is 0.466 e. The van der Waals surface area contributed by atoms with Crippen LogP contribution in [0, 0.1) is 11.7 Å². The third-order valence-electron chi connectivity index (χ3n) is 3.04. The lowest BCUT2D eigenvalue weighted by atomic mass is 10.2. The molecule has 0 saturated carbocycles. The van der Waals surface area contributed by atoms with Crippen LogP contribution in [-0.4, -0.2) is 32.9 Å². The van der Waals surface area contributed by atoms with E-state index in [2.05, 4.69) is 31.5 Å². The van der Waals surface area contributed by atoms with Gasteiger partial charge in [-0.25, -0.2) is 18.2 Å². The van der Waals surface area contributed by atoms with Crippen molar-refractivity contribution < 1.29 is 22.3 Å². The van der Waals surface area contributed by atoms with E-state index in [-0.39, 0.29) is 23.3 Å². The van der Waals surface area contributed by atoms with Crippen LogP contribution in [-0.2, 0) is 19.6 Å². The number of nitrogens with one attached hydrogen (secondary N) is 3. The van der Waals surface area contributed by atoms with E-state index in [1.165, 1.54) is 6.07 Å². The predicted molar refractivity (Wildman–Crippen MR) is 81.7 cm³/mol. The molecule has 2 atom stereocenters. The maximum atomic E-state index is 13.0. The van der Waals surface area contributed by atoms with Crippen molar-refractivity contribution in [3.05, 3.63) is 28.5 Å². The van der Waals surface area contributed by atoms with Crippen LogP contribution >= 0.6 is 15.9 Å². The third-order valence-corrected chi connectivity index (χ3v) is 5.31. The lowest BCUT2D eigenvalue weighted by Gasteiger charge is -2.19. The fourth-order valence-corrected chi connectivity index (χ4v) is 4.09. The van der Waals surface area contributed by atoms with Crippen LogP contribution in [0.15, 0.2) is 22.7 Å². The summed E-state index contributed by atoms with van der Waals surface area (Å²) < 4.78 is 45.3. The number of sulfonamides is 1. The lowest BCUT2D eigenvalue weighted by Crippen LogP contribution is -2.44. The summed E-state index contributed by atoms with van der Waals surface area (Å²) in [6.07, 6.45) is 0. The fourth-order valence-electron chi connectivity index (χ4n) is 2.02. The topological polar surface area (TPSA) is 96.5 Å². The molecule has 7 nitrogen and oxygen atoms in total. The van der Waals surface area contributed by atoms with Gasteiger partial charge in [-0.1, -0.05) is 0 Å². The Balaban J connectivity index is 2.20. The molecule has 22 heavy (non-hydrogen) atoms. The predicted octanol–water partition coefficient (Wildman–Crippen LogP) is 0.943. The number of rotatable bonds is 5. The molecule has 0 aliphatic carbocycles. The molecular weight excluding hydrogens is 381 g/mol. The Bertz CT molecular complexity index is 670. The van der Waals surface area contributed by atoms with E-state index in [4.69, 9.17) is 4.74 Å². The first-order valence-corrected chi connectivity index (χ1v) is 8.80. The Morgan fingerprint density at radius 3 is 2.91 bits per heavy atom. The summed E-state index contributed by atoms with van der Waals surface area (Å²) in [6, 6.07) is 3.56. The minimum Gasteiger partial charge on any atom is -0.466 e. The maximum absolute atomic E-state index is 13.0. The second kappa shape index (κ2) is 6.90. The van der Waals surface area contributed by atoms with Gasteiger partial charge >= 0.3 is 5.97 Å². The molecule has 0 bridgehead atoms. The van der Waals surface area contributed by atoms with Crippen LogP contribution in [0.2, 0.25) is 0 Å². The Kier molecular flexibility index (Phi) is 5.37. The van der Waals surface area contributed by atoms with Gasteiger partial charge in [0.05, 0.1) is 12.3 Å². The molecular formula is C12H15BrFN3O4S. The molecule has 1 aliphatic rings. The number of carbonyl (C=O) groups excluding carboxylic acids is 1. The van der Waals surface area contributed by atoms with Gasteiger partial charge in [-0.2, -0.15) is 0 Å². The van der Waals surface area contributed by atoms with E-state index in [0.29, 0.717) is 0 Å². The van der Waals surface area contributed by atoms with Crippen LogP contribution in [0.4, 0.5) is 10.1 Å². The second-order valence-electron chi connectivity index (χ2n) is 4.58. The zero-order valence-corrected chi connectivity index (χ0v) is 14.0. The number of halogens is 2. The average Bonchev–Trinajstić information content (AvgIpc) is 2.92. The maximum Gasteiger partial charge on any atom is 0.313 e. The van der Waals surface area contributed by atoms with Crippen molar-refractivity contribution in [1.82, 2.24) is 10.9 Å². The normalized spacial score (nSPS) is 21.6. The van der Waals surface area contributed by atoms with E-state index in [1.807, 2.05) is 0 Å². The lowest BCUT2D eigenvalue weighted by molar-refractivity contribution is -0.147. The molecule has 0 aromatic heterocycles. The van der Waals surface area contributed by atoms with Crippen molar-refractivity contribution in [2.24, 2.45) is 5.92 Å². The number of benzene rings is 1. The summed E-state index contributed by atoms with van der Waals surface area (Å²) in [5.41, 5.74) is 5.36. The molecule has 1 heterocycles. The zero-order valence-electron chi connectivity index (χ0n) is 11.6. The van der Waals surface area contributed by atoms with Gasteiger partial charge in [-0.3, -0.25) is 14.9 Å². The molecule has 2 unspecified atom stereocenters. The quantitative estimate of drug-likeness (QED) is 0.642. The first kappa shape index (κ1) is 17.1. The number of hydrazine groups is 1. The van der Waals surface area contributed by atoms with Crippen LogP contribution in [0.1, 0.15) is 6.92 Å². The van der Waals surface area contributed by atoms with Crippen molar-refractivity contribution in [3.8, 4) is 0 Å². The third kappa shape index (κ3) is 3.75.